The van der Waals surface area contributed by atoms with Gasteiger partial charge < -0.3 is 70.8 Å². The van der Waals surface area contributed by atoms with Crippen molar-refractivity contribution in [1.29, 1.82) is 0 Å². The zero-order chi connectivity index (χ0) is 40.4. The van der Waals surface area contributed by atoms with Crippen molar-refractivity contribution < 1.29 is 48.6 Å². The second-order valence-electron chi connectivity index (χ2n) is 12.5. The SMILES string of the molecule is CC(C)C[C@@H]1NC(=O)[C@H]([C@@H](C)O)NC(=O)[C@H](CC(N)=O)NC(=O)[C@H](CO)NC(=O)[C@H](CCCN=C(N)N)NC(=O)[C@@H](N)CSSC[C@@H](C(N)=O)NC1=O. The highest BCUT2D eigenvalue weighted by Gasteiger charge is 2.35. The molecule has 1 rings (SSSR count). The Labute approximate surface area is 313 Å². The first-order chi connectivity index (χ1) is 24.8. The van der Waals surface area contributed by atoms with Crippen molar-refractivity contribution >= 4 is 74.8 Å². The number of nitrogens with zero attached hydrogens (tertiary/aromatic N) is 1. The van der Waals surface area contributed by atoms with Crippen LogP contribution in [0.15, 0.2) is 4.99 Å². The normalized spacial score (nSPS) is 26.8. The summed E-state index contributed by atoms with van der Waals surface area (Å²) in [5, 5.41) is 34.5. The lowest BCUT2D eigenvalue weighted by Crippen LogP contribution is -2.62. The molecule has 53 heavy (non-hydrogen) atoms. The number of aliphatic hydroxyl groups excluding tert-OH is 2. The number of aliphatic hydroxyl groups is 2. The Balaban J connectivity index is 3.58. The van der Waals surface area contributed by atoms with Gasteiger partial charge in [0, 0.05) is 18.1 Å². The Hall–Kier alpha value is -4.39. The van der Waals surface area contributed by atoms with Gasteiger partial charge in [0.25, 0.3) is 0 Å². The number of aliphatic imine (C=N–C) groups is 1. The Morgan fingerprint density at radius 2 is 1.28 bits per heavy atom. The van der Waals surface area contributed by atoms with Crippen LogP contribution in [-0.2, 0) is 38.4 Å². The van der Waals surface area contributed by atoms with Crippen LogP contribution in [0.25, 0.3) is 0 Å². The van der Waals surface area contributed by atoms with E-state index in [1.165, 1.54) is 0 Å². The smallest absolute Gasteiger partial charge is 0.245 e. The van der Waals surface area contributed by atoms with Crippen LogP contribution in [0.1, 0.15) is 46.5 Å². The Kier molecular flexibility index (Phi) is 20.5. The summed E-state index contributed by atoms with van der Waals surface area (Å²) in [4.78, 5) is 108. The van der Waals surface area contributed by atoms with Gasteiger partial charge in [-0.1, -0.05) is 35.4 Å². The highest BCUT2D eigenvalue weighted by atomic mass is 33.1. The first-order valence-corrected chi connectivity index (χ1v) is 19.0. The van der Waals surface area contributed by atoms with E-state index >= 15 is 0 Å². The van der Waals surface area contributed by atoms with Gasteiger partial charge in [-0.2, -0.15) is 0 Å². The summed E-state index contributed by atoms with van der Waals surface area (Å²) in [6.45, 7) is 3.72. The number of hydrogen-bond acceptors (Lipinski definition) is 14. The van der Waals surface area contributed by atoms with Crippen LogP contribution in [0.5, 0.6) is 0 Å². The maximum atomic E-state index is 13.4. The number of guanidine groups is 1. The monoisotopic (exact) mass is 792 g/mol. The van der Waals surface area contributed by atoms with Crippen LogP contribution >= 0.6 is 21.6 Å². The van der Waals surface area contributed by atoms with Crippen LogP contribution in [0.4, 0.5) is 0 Å². The van der Waals surface area contributed by atoms with Gasteiger partial charge >= 0.3 is 0 Å². The van der Waals surface area contributed by atoms with E-state index in [0.717, 1.165) is 28.5 Å². The minimum atomic E-state index is -1.78. The van der Waals surface area contributed by atoms with E-state index in [9.17, 15) is 48.6 Å². The lowest BCUT2D eigenvalue weighted by atomic mass is 10.0. The predicted octanol–water partition coefficient (Wildman–Crippen LogP) is -6.55. The lowest BCUT2D eigenvalue weighted by Gasteiger charge is -2.28. The average Bonchev–Trinajstić information content (AvgIpc) is 3.06. The highest BCUT2D eigenvalue weighted by molar-refractivity contribution is 8.76. The summed E-state index contributed by atoms with van der Waals surface area (Å²) < 4.78 is 0. The van der Waals surface area contributed by atoms with Crippen molar-refractivity contribution in [3.05, 3.63) is 0 Å². The molecule has 1 saturated heterocycles. The molecule has 18 N–H and O–H groups in total. The Morgan fingerprint density at radius 1 is 0.755 bits per heavy atom. The van der Waals surface area contributed by atoms with E-state index in [1.54, 1.807) is 13.8 Å². The van der Waals surface area contributed by atoms with Crippen molar-refractivity contribution in [2.75, 3.05) is 24.7 Å². The minimum absolute atomic E-state index is 0.0328. The summed E-state index contributed by atoms with van der Waals surface area (Å²) in [6.07, 6.45) is -2.23. The quantitative estimate of drug-likeness (QED) is 0.0400. The maximum absolute atomic E-state index is 13.4. The van der Waals surface area contributed by atoms with E-state index in [1.807, 2.05) is 0 Å². The molecule has 0 unspecified atom stereocenters. The standard InChI is InChI=1S/C29H52N12O10S2/c1-12(2)7-16-25(48)40-19(22(32)45)11-53-52-10-14(30)23(46)36-15(5-4-6-35-29(33)34)24(47)39-18(9-42)27(50)37-17(8-20(31)44)26(49)41-21(13(3)43)28(51)38-16/h12-19,21,42-43H,4-11,30H2,1-3H3,(H2,31,44)(H2,32,45)(H,36,46)(H,37,50)(H,38,51)(H,39,47)(H,40,48)(H,41,49)(H4,33,34,35)/t13-,14+,15+,16+,17+,18+,19+,21+/m1/s1. The highest BCUT2D eigenvalue weighted by Crippen LogP contribution is 2.23. The molecule has 0 saturated carbocycles. The van der Waals surface area contributed by atoms with Crippen molar-refractivity contribution in [2.24, 2.45) is 39.6 Å². The Morgan fingerprint density at radius 3 is 1.83 bits per heavy atom. The molecule has 1 aliphatic rings. The molecule has 0 radical (unpaired) electrons. The van der Waals surface area contributed by atoms with Gasteiger partial charge in [0.1, 0.15) is 36.3 Å². The molecule has 300 valence electrons. The molecule has 24 heteroatoms. The number of hydrogen-bond donors (Lipinski definition) is 13. The number of rotatable bonds is 11. The van der Waals surface area contributed by atoms with Crippen molar-refractivity contribution in [2.45, 2.75) is 94.9 Å². The molecule has 1 heterocycles. The predicted molar refractivity (Wildman–Crippen MR) is 196 cm³/mol. The molecule has 1 fully saturated rings. The molecule has 22 nitrogen and oxygen atoms in total. The van der Waals surface area contributed by atoms with E-state index in [2.05, 4.69) is 36.9 Å². The maximum Gasteiger partial charge on any atom is 0.245 e. The van der Waals surface area contributed by atoms with E-state index in [4.69, 9.17) is 28.7 Å². The number of carbonyl (C=O) groups is 8. The van der Waals surface area contributed by atoms with Crippen LogP contribution < -0.4 is 60.6 Å². The molecule has 0 aromatic rings. The molecule has 0 aromatic heterocycles. The summed E-state index contributed by atoms with van der Waals surface area (Å²) >= 11 is 0. The number of amides is 8. The lowest BCUT2D eigenvalue weighted by molar-refractivity contribution is -0.137. The second-order valence-corrected chi connectivity index (χ2v) is 15.1. The van der Waals surface area contributed by atoms with Gasteiger partial charge in [0.15, 0.2) is 5.96 Å². The summed E-state index contributed by atoms with van der Waals surface area (Å²) in [6, 6.07) is -10.3. The zero-order valence-corrected chi connectivity index (χ0v) is 31.3. The van der Waals surface area contributed by atoms with Gasteiger partial charge in [-0.25, -0.2) is 0 Å². The van der Waals surface area contributed by atoms with Crippen molar-refractivity contribution in [3.63, 3.8) is 0 Å². The number of nitrogens with two attached hydrogens (primary N) is 5. The van der Waals surface area contributed by atoms with Crippen molar-refractivity contribution in [1.82, 2.24) is 31.9 Å². The zero-order valence-electron chi connectivity index (χ0n) is 29.7. The van der Waals surface area contributed by atoms with Gasteiger partial charge in [0.05, 0.1) is 25.2 Å². The van der Waals surface area contributed by atoms with E-state index < -0.39 is 109 Å². The minimum Gasteiger partial charge on any atom is -0.394 e. The number of nitrogens with one attached hydrogen (secondary N) is 6. The summed E-state index contributed by atoms with van der Waals surface area (Å²) in [5.41, 5.74) is 27.6. The largest absolute Gasteiger partial charge is 0.394 e. The molecule has 1 aliphatic heterocycles. The Bertz CT molecular complexity index is 1350. The molecule has 0 aromatic carbocycles. The first kappa shape index (κ1) is 46.6. The molecule has 0 aliphatic carbocycles. The third-order valence-corrected chi connectivity index (χ3v) is 9.84. The summed E-state index contributed by atoms with van der Waals surface area (Å²) in [5.74, 6) is -8.36. The van der Waals surface area contributed by atoms with E-state index in [-0.39, 0.29) is 49.2 Å². The number of carbonyl (C=O) groups excluding carboxylic acids is 8. The van der Waals surface area contributed by atoms with Crippen molar-refractivity contribution in [3.8, 4) is 0 Å². The fourth-order valence-corrected chi connectivity index (χ4v) is 6.90. The molecule has 0 bridgehead atoms. The summed E-state index contributed by atoms with van der Waals surface area (Å²) in [7, 11) is 2.12. The van der Waals surface area contributed by atoms with Crippen LogP contribution in [0.2, 0.25) is 0 Å². The second kappa shape index (κ2) is 23.3. The fraction of sp³-hybridized carbons (Fsp3) is 0.690. The fourth-order valence-electron chi connectivity index (χ4n) is 4.60. The molecule has 8 amide bonds. The molecule has 0 spiro atoms. The molecular weight excluding hydrogens is 741 g/mol. The van der Waals surface area contributed by atoms with Gasteiger partial charge in [-0.3, -0.25) is 43.3 Å². The van der Waals surface area contributed by atoms with Gasteiger partial charge in [-0.05, 0) is 32.1 Å². The third-order valence-electron chi connectivity index (χ3n) is 7.40. The third kappa shape index (κ3) is 17.3. The number of primary amides is 2. The first-order valence-electron chi connectivity index (χ1n) is 16.5. The van der Waals surface area contributed by atoms with E-state index in [0.29, 0.717) is 0 Å². The molecule has 8 atom stereocenters. The van der Waals surface area contributed by atoms with Gasteiger partial charge in [-0.15, -0.1) is 0 Å². The van der Waals surface area contributed by atoms with Crippen LogP contribution in [-0.4, -0.2) is 136 Å². The van der Waals surface area contributed by atoms with Gasteiger partial charge in [0.2, 0.25) is 47.3 Å². The van der Waals surface area contributed by atoms with Crippen LogP contribution in [0, 0.1) is 5.92 Å². The average molecular weight is 793 g/mol. The van der Waals surface area contributed by atoms with Crippen LogP contribution in [0.3, 0.4) is 0 Å². The molecular formula is C29H52N12O10S2. The topological polar surface area (TPSA) is 392 Å².